The van der Waals surface area contributed by atoms with Crippen molar-refractivity contribution in [2.45, 2.75) is 39.0 Å². The van der Waals surface area contributed by atoms with Gasteiger partial charge in [0, 0.05) is 5.41 Å². The highest BCUT2D eigenvalue weighted by Gasteiger charge is 2.27. The molecule has 7 heteroatoms. The molecule has 0 fully saturated rings. The molecule has 0 aliphatic heterocycles. The molecule has 0 bridgehead atoms. The molecule has 0 unspecified atom stereocenters. The van der Waals surface area contributed by atoms with Crippen molar-refractivity contribution in [1.29, 1.82) is 0 Å². The van der Waals surface area contributed by atoms with Crippen molar-refractivity contribution in [2.75, 3.05) is 6.61 Å². The van der Waals surface area contributed by atoms with Crippen molar-refractivity contribution in [3.8, 4) is 0 Å². The lowest BCUT2D eigenvalue weighted by Gasteiger charge is -2.18. The van der Waals surface area contributed by atoms with Crippen molar-refractivity contribution in [3.05, 3.63) is 22.7 Å². The third kappa shape index (κ3) is 5.18. The maximum Gasteiger partial charge on any atom is 0.411 e. The van der Waals surface area contributed by atoms with E-state index in [-0.39, 0.29) is 23.0 Å². The van der Waals surface area contributed by atoms with Crippen LogP contribution in [0.2, 0.25) is 5.15 Å². The van der Waals surface area contributed by atoms with Crippen LogP contribution in [-0.2, 0) is 16.8 Å². The third-order valence-electron chi connectivity index (χ3n) is 2.01. The smallest absolute Gasteiger partial charge is 0.364 e. The van der Waals surface area contributed by atoms with Crippen LogP contribution in [0.3, 0.4) is 0 Å². The van der Waals surface area contributed by atoms with Crippen molar-refractivity contribution < 1.29 is 17.9 Å². The van der Waals surface area contributed by atoms with E-state index in [0.717, 1.165) is 0 Å². The minimum atomic E-state index is -4.36. The lowest BCUT2D eigenvalue weighted by Crippen LogP contribution is -2.19. The highest BCUT2D eigenvalue weighted by Crippen LogP contribution is 2.22. The number of rotatable bonds is 3. The van der Waals surface area contributed by atoms with Gasteiger partial charge in [-0.3, -0.25) is 0 Å². The van der Waals surface area contributed by atoms with E-state index >= 15 is 0 Å². The van der Waals surface area contributed by atoms with E-state index in [1.807, 2.05) is 20.8 Å². The Morgan fingerprint density at radius 1 is 1.22 bits per heavy atom. The summed E-state index contributed by atoms with van der Waals surface area (Å²) >= 11 is 5.80. The Kier molecular flexibility index (Phi) is 4.55. The van der Waals surface area contributed by atoms with Gasteiger partial charge in [0.2, 0.25) is 0 Å². The first-order valence-electron chi connectivity index (χ1n) is 5.26. The first-order valence-corrected chi connectivity index (χ1v) is 5.64. The van der Waals surface area contributed by atoms with Crippen molar-refractivity contribution in [3.63, 3.8) is 0 Å². The molecule has 0 aliphatic rings. The maximum absolute atomic E-state index is 11.9. The molecule has 1 aromatic rings. The molecule has 1 aromatic heterocycles. The van der Waals surface area contributed by atoms with Crippen LogP contribution in [0.5, 0.6) is 0 Å². The summed E-state index contributed by atoms with van der Waals surface area (Å²) in [7, 11) is 0. The van der Waals surface area contributed by atoms with E-state index in [4.69, 9.17) is 11.6 Å². The van der Waals surface area contributed by atoms with Crippen LogP contribution < -0.4 is 0 Å². The van der Waals surface area contributed by atoms with E-state index in [0.29, 0.717) is 5.69 Å². The normalized spacial score (nSPS) is 12.8. The van der Waals surface area contributed by atoms with Gasteiger partial charge in [0.25, 0.3) is 0 Å². The Balaban J connectivity index is 2.75. The number of nitrogens with zero attached hydrogens (tertiary/aromatic N) is 2. The number of aromatic nitrogens is 2. The summed E-state index contributed by atoms with van der Waals surface area (Å²) in [6.07, 6.45) is -4.36. The summed E-state index contributed by atoms with van der Waals surface area (Å²) in [5.41, 5.74) is 0.402. The average molecular weight is 283 g/mol. The standard InChI is InChI=1S/C11H14ClF3N2O/c1-10(2,3)7-4-8(12)17-9(16-7)5-18-6-11(13,14)15/h4H,5-6H2,1-3H3. The molecular formula is C11H14ClF3N2O. The highest BCUT2D eigenvalue weighted by atomic mass is 35.5. The van der Waals surface area contributed by atoms with Gasteiger partial charge in [0.15, 0.2) is 5.82 Å². The summed E-state index contributed by atoms with van der Waals surface area (Å²) in [6, 6.07) is 1.59. The molecule has 0 atom stereocenters. The summed E-state index contributed by atoms with van der Waals surface area (Å²) in [4.78, 5) is 7.97. The number of halogens is 4. The molecule has 0 saturated carbocycles. The molecule has 3 nitrogen and oxygen atoms in total. The molecule has 0 radical (unpaired) electrons. The van der Waals surface area contributed by atoms with E-state index < -0.39 is 12.8 Å². The van der Waals surface area contributed by atoms with Gasteiger partial charge in [-0.25, -0.2) is 9.97 Å². The quantitative estimate of drug-likeness (QED) is 0.796. The fourth-order valence-electron chi connectivity index (χ4n) is 1.17. The Labute approximate surface area is 108 Å². The molecule has 18 heavy (non-hydrogen) atoms. The van der Waals surface area contributed by atoms with E-state index in [1.54, 1.807) is 6.07 Å². The Morgan fingerprint density at radius 3 is 2.33 bits per heavy atom. The molecule has 102 valence electrons. The zero-order valence-corrected chi connectivity index (χ0v) is 11.1. The number of hydrogen-bond acceptors (Lipinski definition) is 3. The zero-order chi connectivity index (χ0) is 14.0. The lowest BCUT2D eigenvalue weighted by molar-refractivity contribution is -0.177. The van der Waals surface area contributed by atoms with Gasteiger partial charge in [-0.15, -0.1) is 0 Å². The Morgan fingerprint density at radius 2 is 1.83 bits per heavy atom. The summed E-state index contributed by atoms with van der Waals surface area (Å²) in [5, 5.41) is 0.195. The second-order valence-electron chi connectivity index (χ2n) is 4.85. The Hall–Kier alpha value is -0.880. The number of hydrogen-bond donors (Lipinski definition) is 0. The van der Waals surface area contributed by atoms with Gasteiger partial charge < -0.3 is 4.74 Å². The molecular weight excluding hydrogens is 269 g/mol. The molecule has 0 aliphatic carbocycles. The van der Waals surface area contributed by atoms with Crippen LogP contribution in [0.15, 0.2) is 6.07 Å². The fraction of sp³-hybridized carbons (Fsp3) is 0.636. The molecule has 0 saturated heterocycles. The summed E-state index contributed by atoms with van der Waals surface area (Å²) < 4.78 is 40.2. The monoisotopic (exact) mass is 282 g/mol. The van der Waals surface area contributed by atoms with E-state index in [2.05, 4.69) is 14.7 Å². The second kappa shape index (κ2) is 5.40. The average Bonchev–Trinajstić information content (AvgIpc) is 2.13. The minimum absolute atomic E-state index is 0.150. The predicted molar refractivity (Wildman–Crippen MR) is 61.5 cm³/mol. The predicted octanol–water partition coefficient (Wildman–Crippen LogP) is 3.51. The Bertz CT molecular complexity index is 416. The van der Waals surface area contributed by atoms with Gasteiger partial charge in [-0.1, -0.05) is 32.4 Å². The lowest BCUT2D eigenvalue weighted by atomic mass is 9.92. The van der Waals surface area contributed by atoms with E-state index in [1.165, 1.54) is 0 Å². The molecule has 0 spiro atoms. The zero-order valence-electron chi connectivity index (χ0n) is 10.3. The van der Waals surface area contributed by atoms with Crippen LogP contribution in [0.4, 0.5) is 13.2 Å². The van der Waals surface area contributed by atoms with Crippen LogP contribution in [-0.4, -0.2) is 22.8 Å². The first kappa shape index (κ1) is 15.2. The van der Waals surface area contributed by atoms with Crippen molar-refractivity contribution in [1.82, 2.24) is 9.97 Å². The molecule has 0 N–H and O–H groups in total. The summed E-state index contributed by atoms with van der Waals surface area (Å²) in [6.45, 7) is 4.13. The minimum Gasteiger partial charge on any atom is -0.364 e. The number of alkyl halides is 3. The van der Waals surface area contributed by atoms with E-state index in [9.17, 15) is 13.2 Å². The molecule has 1 rings (SSSR count). The van der Waals surface area contributed by atoms with Gasteiger partial charge in [0.1, 0.15) is 18.4 Å². The van der Waals surface area contributed by atoms with Gasteiger partial charge in [-0.2, -0.15) is 13.2 Å². The SMILES string of the molecule is CC(C)(C)c1cc(Cl)nc(COCC(F)(F)F)n1. The van der Waals surface area contributed by atoms with Crippen LogP contribution >= 0.6 is 11.6 Å². The second-order valence-corrected chi connectivity index (χ2v) is 5.24. The van der Waals surface area contributed by atoms with Crippen LogP contribution in [0, 0.1) is 0 Å². The fourth-order valence-corrected chi connectivity index (χ4v) is 1.37. The van der Waals surface area contributed by atoms with Crippen LogP contribution in [0.25, 0.3) is 0 Å². The number of ether oxygens (including phenoxy) is 1. The van der Waals surface area contributed by atoms with Crippen molar-refractivity contribution >= 4 is 11.6 Å². The highest BCUT2D eigenvalue weighted by molar-refractivity contribution is 6.29. The molecule has 0 amide bonds. The van der Waals surface area contributed by atoms with Gasteiger partial charge in [-0.05, 0) is 6.07 Å². The van der Waals surface area contributed by atoms with Crippen LogP contribution in [0.1, 0.15) is 32.3 Å². The van der Waals surface area contributed by atoms with Crippen molar-refractivity contribution in [2.24, 2.45) is 0 Å². The molecule has 0 aromatic carbocycles. The largest absolute Gasteiger partial charge is 0.411 e. The van der Waals surface area contributed by atoms with Gasteiger partial charge in [0.05, 0.1) is 5.69 Å². The van der Waals surface area contributed by atoms with Gasteiger partial charge >= 0.3 is 6.18 Å². The maximum atomic E-state index is 11.9. The third-order valence-corrected chi connectivity index (χ3v) is 2.20. The molecule has 1 heterocycles. The summed E-state index contributed by atoms with van der Waals surface area (Å²) in [5.74, 6) is 0.150. The topological polar surface area (TPSA) is 35.0 Å². The first-order chi connectivity index (χ1) is 8.08.